The topological polar surface area (TPSA) is 68.1 Å². The lowest BCUT2D eigenvalue weighted by atomic mass is 10.0. The number of carbonyl (C=O) groups is 1. The number of carbonyl (C=O) groups excluding carboxylic acids is 1. The summed E-state index contributed by atoms with van der Waals surface area (Å²) in [7, 11) is 1.69. The highest BCUT2D eigenvalue weighted by Crippen LogP contribution is 2.31. The number of methoxy groups -OCH3 is 1. The zero-order chi connectivity index (χ0) is 24.9. The molecule has 1 aliphatic rings. The number of fused-ring (bicyclic) bond motifs is 1. The van der Waals surface area contributed by atoms with Crippen molar-refractivity contribution in [2.75, 3.05) is 26.7 Å². The van der Waals surface area contributed by atoms with Crippen LogP contribution in [0, 0.1) is 6.92 Å². The van der Waals surface area contributed by atoms with Crippen LogP contribution in [0.1, 0.15) is 46.1 Å². The van der Waals surface area contributed by atoms with E-state index in [4.69, 9.17) is 9.47 Å². The second kappa shape index (κ2) is 10.8. The summed E-state index contributed by atoms with van der Waals surface area (Å²) in [6.45, 7) is 4.92. The second-order valence-electron chi connectivity index (χ2n) is 9.23. The van der Waals surface area contributed by atoms with Gasteiger partial charge in [0.05, 0.1) is 18.8 Å². The number of aromatic nitrogens is 2. The highest BCUT2D eigenvalue weighted by molar-refractivity contribution is 5.94. The number of amides is 1. The summed E-state index contributed by atoms with van der Waals surface area (Å²) in [5.74, 6) is 1.36. The van der Waals surface area contributed by atoms with Crippen molar-refractivity contribution in [1.82, 2.24) is 19.6 Å². The Hall–Kier alpha value is -3.84. The van der Waals surface area contributed by atoms with Crippen LogP contribution < -0.4 is 14.8 Å². The molecule has 0 spiro atoms. The van der Waals surface area contributed by atoms with E-state index in [2.05, 4.69) is 28.2 Å². The molecule has 186 valence electrons. The number of rotatable bonds is 9. The van der Waals surface area contributed by atoms with E-state index in [1.807, 2.05) is 65.3 Å². The highest BCUT2D eigenvalue weighted by Gasteiger charge is 2.26. The summed E-state index contributed by atoms with van der Waals surface area (Å²) < 4.78 is 13.6. The molecule has 0 radical (unpaired) electrons. The minimum atomic E-state index is -0.122. The van der Waals surface area contributed by atoms with Crippen molar-refractivity contribution in [3.8, 4) is 11.5 Å². The van der Waals surface area contributed by atoms with Crippen molar-refractivity contribution < 1.29 is 14.3 Å². The van der Waals surface area contributed by atoms with Crippen molar-refractivity contribution in [2.24, 2.45) is 0 Å². The van der Waals surface area contributed by atoms with Gasteiger partial charge in [-0.1, -0.05) is 30.3 Å². The molecule has 5 rings (SSSR count). The first-order valence-corrected chi connectivity index (χ1v) is 12.4. The van der Waals surface area contributed by atoms with Gasteiger partial charge in [0.25, 0.3) is 5.91 Å². The van der Waals surface area contributed by atoms with E-state index in [-0.39, 0.29) is 11.9 Å². The number of aryl methyl sites for hydroxylation is 1. The van der Waals surface area contributed by atoms with Gasteiger partial charge in [0, 0.05) is 30.1 Å². The largest absolute Gasteiger partial charge is 0.496 e. The van der Waals surface area contributed by atoms with E-state index < -0.39 is 0 Å². The number of benzene rings is 2. The smallest absolute Gasteiger partial charge is 0.251 e. The lowest BCUT2D eigenvalue weighted by Crippen LogP contribution is -2.37. The number of hydrogen-bond donors (Lipinski definition) is 1. The van der Waals surface area contributed by atoms with Crippen LogP contribution in [0.25, 0.3) is 5.65 Å². The van der Waals surface area contributed by atoms with E-state index in [0.29, 0.717) is 24.5 Å². The number of imidazole rings is 1. The molecule has 3 heterocycles. The van der Waals surface area contributed by atoms with Gasteiger partial charge in [-0.15, -0.1) is 0 Å². The third-order valence-corrected chi connectivity index (χ3v) is 6.67. The fourth-order valence-electron chi connectivity index (χ4n) is 4.83. The molecule has 0 bridgehead atoms. The highest BCUT2D eigenvalue weighted by atomic mass is 16.5. The fraction of sp³-hybridized carbons (Fsp3) is 0.310. The van der Waals surface area contributed by atoms with Gasteiger partial charge in [0.15, 0.2) is 0 Å². The summed E-state index contributed by atoms with van der Waals surface area (Å²) in [5.41, 5.74) is 4.56. The first-order chi connectivity index (χ1) is 17.6. The summed E-state index contributed by atoms with van der Waals surface area (Å²) in [6.07, 6.45) is 6.35. The van der Waals surface area contributed by atoms with E-state index in [9.17, 15) is 4.79 Å². The van der Waals surface area contributed by atoms with Crippen LogP contribution in [0.15, 0.2) is 73.1 Å². The van der Waals surface area contributed by atoms with Crippen molar-refractivity contribution in [3.63, 3.8) is 0 Å². The maximum absolute atomic E-state index is 13.1. The summed E-state index contributed by atoms with van der Waals surface area (Å²) >= 11 is 0. The van der Waals surface area contributed by atoms with Gasteiger partial charge in [0.2, 0.25) is 0 Å². The molecule has 2 aromatic carbocycles. The molecular weight excluding hydrogens is 452 g/mol. The molecule has 1 saturated heterocycles. The second-order valence-corrected chi connectivity index (χ2v) is 9.23. The van der Waals surface area contributed by atoms with Crippen molar-refractivity contribution in [1.29, 1.82) is 0 Å². The van der Waals surface area contributed by atoms with Crippen LogP contribution in [-0.2, 0) is 6.61 Å². The van der Waals surface area contributed by atoms with E-state index in [1.54, 1.807) is 13.2 Å². The van der Waals surface area contributed by atoms with Gasteiger partial charge >= 0.3 is 0 Å². The molecule has 0 saturated carbocycles. The van der Waals surface area contributed by atoms with Crippen molar-refractivity contribution in [3.05, 3.63) is 95.4 Å². The number of nitrogens with one attached hydrogen (secondary N) is 1. The fourth-order valence-corrected chi connectivity index (χ4v) is 4.83. The van der Waals surface area contributed by atoms with Crippen LogP contribution in [-0.4, -0.2) is 46.9 Å². The van der Waals surface area contributed by atoms with Gasteiger partial charge in [-0.05, 0) is 68.8 Å². The summed E-state index contributed by atoms with van der Waals surface area (Å²) in [4.78, 5) is 20.1. The summed E-state index contributed by atoms with van der Waals surface area (Å²) in [5, 5.41) is 3.14. The molecule has 2 aromatic heterocycles. The quantitative estimate of drug-likeness (QED) is 0.370. The number of nitrogens with zero attached hydrogens (tertiary/aromatic N) is 3. The van der Waals surface area contributed by atoms with E-state index in [1.165, 1.54) is 18.4 Å². The molecule has 1 N–H and O–H groups in total. The minimum Gasteiger partial charge on any atom is -0.496 e. The van der Waals surface area contributed by atoms with Crippen molar-refractivity contribution in [2.45, 2.75) is 32.4 Å². The average Bonchev–Trinajstić information content (AvgIpc) is 3.58. The van der Waals surface area contributed by atoms with Gasteiger partial charge in [0.1, 0.15) is 23.8 Å². The normalized spacial score (nSPS) is 14.6. The third-order valence-electron chi connectivity index (χ3n) is 6.67. The molecule has 4 aromatic rings. The Kier molecular flexibility index (Phi) is 7.18. The van der Waals surface area contributed by atoms with Crippen LogP contribution in [0.4, 0.5) is 0 Å². The average molecular weight is 485 g/mol. The molecule has 1 aliphatic heterocycles. The molecule has 7 heteroatoms. The van der Waals surface area contributed by atoms with Gasteiger partial charge in [-0.2, -0.15) is 0 Å². The molecule has 1 fully saturated rings. The Bertz CT molecular complexity index is 1340. The third kappa shape index (κ3) is 5.36. The predicted octanol–water partition coefficient (Wildman–Crippen LogP) is 4.80. The molecule has 1 amide bonds. The zero-order valence-corrected chi connectivity index (χ0v) is 20.8. The number of ether oxygens (including phenoxy) is 2. The Balaban J connectivity index is 1.25. The van der Waals surface area contributed by atoms with Crippen LogP contribution >= 0.6 is 0 Å². The van der Waals surface area contributed by atoms with E-state index >= 15 is 0 Å². The Morgan fingerprint density at radius 2 is 1.89 bits per heavy atom. The first kappa shape index (κ1) is 23.9. The Morgan fingerprint density at radius 1 is 1.06 bits per heavy atom. The maximum Gasteiger partial charge on any atom is 0.251 e. The minimum absolute atomic E-state index is 0.0608. The standard InChI is InChI=1S/C29H32N4O3/c1-21-12-13-28-31-23(19-33(28)18-21)20-36-24-9-7-8-22(16-24)29(34)30-17-26(32-14-5-6-15-32)25-10-3-4-11-27(25)35-2/h3-4,7-13,16,18-19,26H,5-6,14-15,17,20H2,1-2H3,(H,30,34). The molecule has 1 atom stereocenters. The number of hydrogen-bond acceptors (Lipinski definition) is 5. The van der Waals surface area contributed by atoms with Gasteiger partial charge < -0.3 is 19.2 Å². The molecule has 1 unspecified atom stereocenters. The molecular formula is C29H32N4O3. The van der Waals surface area contributed by atoms with Gasteiger partial charge in [-0.3, -0.25) is 9.69 Å². The summed E-state index contributed by atoms with van der Waals surface area (Å²) in [6, 6.07) is 19.4. The van der Waals surface area contributed by atoms with Crippen LogP contribution in [0.3, 0.4) is 0 Å². The Morgan fingerprint density at radius 3 is 2.72 bits per heavy atom. The van der Waals surface area contributed by atoms with Crippen LogP contribution in [0.2, 0.25) is 0 Å². The molecule has 36 heavy (non-hydrogen) atoms. The first-order valence-electron chi connectivity index (χ1n) is 12.4. The van der Waals surface area contributed by atoms with Gasteiger partial charge in [-0.25, -0.2) is 4.98 Å². The maximum atomic E-state index is 13.1. The van der Waals surface area contributed by atoms with E-state index in [0.717, 1.165) is 35.7 Å². The monoisotopic (exact) mass is 484 g/mol. The molecule has 7 nitrogen and oxygen atoms in total. The number of para-hydroxylation sites is 1. The lowest BCUT2D eigenvalue weighted by Gasteiger charge is -2.29. The predicted molar refractivity (Wildman–Crippen MR) is 140 cm³/mol. The lowest BCUT2D eigenvalue weighted by molar-refractivity contribution is 0.0937. The molecule has 0 aliphatic carbocycles. The Labute approximate surface area is 211 Å². The SMILES string of the molecule is COc1ccccc1C(CNC(=O)c1cccc(OCc2cn3cc(C)ccc3n2)c1)N1CCCC1. The number of likely N-dealkylation sites (tertiary alicyclic amines) is 1. The number of pyridine rings is 1. The zero-order valence-electron chi connectivity index (χ0n) is 20.8. The van der Waals surface area contributed by atoms with Crippen molar-refractivity contribution >= 4 is 11.6 Å². The van der Waals surface area contributed by atoms with Crippen LogP contribution in [0.5, 0.6) is 11.5 Å².